The predicted octanol–water partition coefficient (Wildman–Crippen LogP) is 2.48. The third-order valence-corrected chi connectivity index (χ3v) is 4.48. The molecule has 1 aromatic heterocycles. The van der Waals surface area contributed by atoms with Crippen LogP contribution in [0, 0.1) is 12.8 Å². The van der Waals surface area contributed by atoms with E-state index in [1.54, 1.807) is 19.1 Å². The molecule has 0 radical (unpaired) electrons. The lowest BCUT2D eigenvalue weighted by atomic mass is 9.97. The highest BCUT2D eigenvalue weighted by Gasteiger charge is 2.21. The van der Waals surface area contributed by atoms with Crippen molar-refractivity contribution in [3.05, 3.63) is 45.4 Å². The van der Waals surface area contributed by atoms with Crippen molar-refractivity contribution in [3.8, 4) is 0 Å². The Bertz CT molecular complexity index is 648. The Morgan fingerprint density at radius 2 is 2.25 bits per heavy atom. The first-order chi connectivity index (χ1) is 11.5. The molecule has 0 unspecified atom stereocenters. The number of hydrogen-bond acceptors (Lipinski definition) is 3. The number of nitrogens with one attached hydrogen (secondary N) is 2. The van der Waals surface area contributed by atoms with Crippen LogP contribution in [0.5, 0.6) is 0 Å². The largest absolute Gasteiger partial charge is 0.352 e. The first kappa shape index (κ1) is 18.5. The Morgan fingerprint density at radius 1 is 1.46 bits per heavy atom. The van der Waals surface area contributed by atoms with Gasteiger partial charge in [0.05, 0.1) is 0 Å². The van der Waals surface area contributed by atoms with E-state index in [9.17, 15) is 9.59 Å². The molecular formula is C19H29N3O2. The Labute approximate surface area is 144 Å². The zero-order valence-electron chi connectivity index (χ0n) is 15.0. The molecule has 1 aliphatic rings. The first-order valence-electron chi connectivity index (χ1n) is 8.85. The van der Waals surface area contributed by atoms with E-state index < -0.39 is 0 Å². The number of pyridine rings is 1. The van der Waals surface area contributed by atoms with Crippen LogP contribution in [0.3, 0.4) is 0 Å². The molecule has 0 spiro atoms. The van der Waals surface area contributed by atoms with E-state index in [4.69, 9.17) is 0 Å². The molecule has 0 bridgehead atoms. The lowest BCUT2D eigenvalue weighted by molar-refractivity contribution is 0.0932. The van der Waals surface area contributed by atoms with Gasteiger partial charge in [-0.05, 0) is 57.7 Å². The Hall–Kier alpha value is -1.88. The molecule has 1 saturated heterocycles. The van der Waals surface area contributed by atoms with Crippen LogP contribution in [0.25, 0.3) is 0 Å². The van der Waals surface area contributed by atoms with Crippen molar-refractivity contribution in [2.45, 2.75) is 40.0 Å². The number of carbonyl (C=O) groups is 1. The summed E-state index contributed by atoms with van der Waals surface area (Å²) in [6.07, 6.45) is 5.63. The molecular weight excluding hydrogens is 302 g/mol. The molecule has 2 N–H and O–H groups in total. The number of likely N-dealkylation sites (tertiary alicyclic amines) is 1. The van der Waals surface area contributed by atoms with E-state index in [1.165, 1.54) is 5.57 Å². The van der Waals surface area contributed by atoms with Gasteiger partial charge in [0.2, 0.25) is 0 Å². The van der Waals surface area contributed by atoms with E-state index in [-0.39, 0.29) is 17.0 Å². The minimum atomic E-state index is -0.321. The zero-order chi connectivity index (χ0) is 17.5. The normalized spacial score (nSPS) is 19.3. The summed E-state index contributed by atoms with van der Waals surface area (Å²) in [5.41, 5.74) is 2.04. The summed E-state index contributed by atoms with van der Waals surface area (Å²) in [4.78, 5) is 29.2. The van der Waals surface area contributed by atoms with Crippen molar-refractivity contribution in [2.24, 2.45) is 5.92 Å². The van der Waals surface area contributed by atoms with Gasteiger partial charge in [0.1, 0.15) is 5.56 Å². The molecule has 1 aliphatic heterocycles. The third kappa shape index (κ3) is 5.34. The highest BCUT2D eigenvalue weighted by atomic mass is 16.2. The summed E-state index contributed by atoms with van der Waals surface area (Å²) in [7, 11) is 0. The van der Waals surface area contributed by atoms with Gasteiger partial charge in [0, 0.05) is 25.3 Å². The van der Waals surface area contributed by atoms with E-state index >= 15 is 0 Å². The number of amides is 1. The number of rotatable bonds is 6. The molecule has 1 fully saturated rings. The maximum absolute atomic E-state index is 12.2. The topological polar surface area (TPSA) is 65.2 Å². The quantitative estimate of drug-likeness (QED) is 0.787. The second kappa shape index (κ2) is 8.83. The van der Waals surface area contributed by atoms with Crippen molar-refractivity contribution < 1.29 is 4.79 Å². The SMILES string of the molecule is CC/C=C(\C)CN1CCC[C@H](CNC(=O)c2ccc(C)[nH]c2=O)C1. The molecule has 1 atom stereocenters. The smallest absolute Gasteiger partial charge is 0.260 e. The number of allylic oxidation sites excluding steroid dienone is 1. The van der Waals surface area contributed by atoms with Gasteiger partial charge in [-0.15, -0.1) is 0 Å². The van der Waals surface area contributed by atoms with Crippen LogP contribution in [0.1, 0.15) is 49.2 Å². The number of aromatic nitrogens is 1. The maximum atomic E-state index is 12.2. The van der Waals surface area contributed by atoms with E-state index in [1.807, 2.05) is 0 Å². The van der Waals surface area contributed by atoms with E-state index in [0.717, 1.165) is 44.6 Å². The lowest BCUT2D eigenvalue weighted by Crippen LogP contribution is -2.42. The van der Waals surface area contributed by atoms with Crippen molar-refractivity contribution in [1.29, 1.82) is 0 Å². The van der Waals surface area contributed by atoms with Crippen LogP contribution in [-0.4, -0.2) is 42.0 Å². The van der Waals surface area contributed by atoms with Gasteiger partial charge in [0.15, 0.2) is 0 Å². The summed E-state index contributed by atoms with van der Waals surface area (Å²) in [6, 6.07) is 3.34. The molecule has 1 aromatic rings. The van der Waals surface area contributed by atoms with Crippen molar-refractivity contribution in [3.63, 3.8) is 0 Å². The maximum Gasteiger partial charge on any atom is 0.260 e. The average molecular weight is 331 g/mol. The number of aryl methyl sites for hydroxylation is 1. The van der Waals surface area contributed by atoms with Crippen LogP contribution >= 0.6 is 0 Å². The molecule has 2 heterocycles. The highest BCUT2D eigenvalue weighted by molar-refractivity contribution is 5.93. The number of nitrogens with zero attached hydrogens (tertiary/aromatic N) is 1. The second-order valence-electron chi connectivity index (χ2n) is 6.80. The van der Waals surface area contributed by atoms with Gasteiger partial charge in [-0.2, -0.15) is 0 Å². The van der Waals surface area contributed by atoms with Gasteiger partial charge >= 0.3 is 0 Å². The highest BCUT2D eigenvalue weighted by Crippen LogP contribution is 2.17. The molecule has 132 valence electrons. The van der Waals surface area contributed by atoms with Crippen LogP contribution in [-0.2, 0) is 0 Å². The van der Waals surface area contributed by atoms with E-state index in [2.05, 4.69) is 35.1 Å². The fraction of sp³-hybridized carbons (Fsp3) is 0.579. The number of H-pyrrole nitrogens is 1. The minimum Gasteiger partial charge on any atom is -0.352 e. The number of hydrogen-bond donors (Lipinski definition) is 2. The molecule has 0 aliphatic carbocycles. The zero-order valence-corrected chi connectivity index (χ0v) is 15.0. The fourth-order valence-electron chi connectivity index (χ4n) is 3.31. The lowest BCUT2D eigenvalue weighted by Gasteiger charge is -2.33. The first-order valence-corrected chi connectivity index (χ1v) is 8.85. The number of aromatic amines is 1. The summed E-state index contributed by atoms with van der Waals surface area (Å²) in [5.74, 6) is 0.164. The third-order valence-electron chi connectivity index (χ3n) is 4.48. The molecule has 2 rings (SSSR count). The Kier molecular flexibility index (Phi) is 6.79. The van der Waals surface area contributed by atoms with Crippen LogP contribution in [0.15, 0.2) is 28.6 Å². The van der Waals surface area contributed by atoms with Gasteiger partial charge in [-0.1, -0.05) is 18.6 Å². The van der Waals surface area contributed by atoms with Crippen LogP contribution in [0.2, 0.25) is 0 Å². The van der Waals surface area contributed by atoms with Gasteiger partial charge in [0.25, 0.3) is 11.5 Å². The molecule has 24 heavy (non-hydrogen) atoms. The fourth-order valence-corrected chi connectivity index (χ4v) is 3.31. The minimum absolute atomic E-state index is 0.190. The summed E-state index contributed by atoms with van der Waals surface area (Å²) in [6.45, 7) is 9.89. The predicted molar refractivity (Wildman–Crippen MR) is 97.3 cm³/mol. The summed E-state index contributed by atoms with van der Waals surface area (Å²) >= 11 is 0. The van der Waals surface area contributed by atoms with Crippen molar-refractivity contribution >= 4 is 5.91 Å². The average Bonchev–Trinajstić information content (AvgIpc) is 2.53. The van der Waals surface area contributed by atoms with Gasteiger partial charge < -0.3 is 10.3 Å². The summed E-state index contributed by atoms with van der Waals surface area (Å²) < 4.78 is 0. The second-order valence-corrected chi connectivity index (χ2v) is 6.80. The van der Waals surface area contributed by atoms with Gasteiger partial charge in [-0.3, -0.25) is 14.5 Å². The Morgan fingerprint density at radius 3 is 2.96 bits per heavy atom. The molecule has 0 aromatic carbocycles. The van der Waals surface area contributed by atoms with Gasteiger partial charge in [-0.25, -0.2) is 0 Å². The number of carbonyl (C=O) groups excluding carboxylic acids is 1. The van der Waals surface area contributed by atoms with Crippen LogP contribution in [0.4, 0.5) is 0 Å². The monoisotopic (exact) mass is 331 g/mol. The van der Waals surface area contributed by atoms with Crippen molar-refractivity contribution in [2.75, 3.05) is 26.2 Å². The van der Waals surface area contributed by atoms with Crippen LogP contribution < -0.4 is 10.9 Å². The van der Waals surface area contributed by atoms with Crippen molar-refractivity contribution in [1.82, 2.24) is 15.2 Å². The molecule has 5 nitrogen and oxygen atoms in total. The Balaban J connectivity index is 1.86. The molecule has 0 saturated carbocycles. The number of piperidine rings is 1. The molecule has 1 amide bonds. The standard InChI is InChI=1S/C19H29N3O2/c1-4-6-14(2)12-22-10-5-7-16(13-22)11-20-18(23)17-9-8-15(3)21-19(17)24/h6,8-9,16H,4-5,7,10-13H2,1-3H3,(H,20,23)(H,21,24)/b14-6+/t16-/m1/s1. The summed E-state index contributed by atoms with van der Waals surface area (Å²) in [5, 5.41) is 2.93. The molecule has 5 heteroatoms. The van der Waals surface area contributed by atoms with E-state index in [0.29, 0.717) is 12.5 Å².